The van der Waals surface area contributed by atoms with Crippen LogP contribution in [0.25, 0.3) is 0 Å². The number of pyridine rings is 1. The molecule has 198 valence electrons. The Morgan fingerprint density at radius 1 is 1.17 bits per heavy atom. The van der Waals surface area contributed by atoms with E-state index in [0.29, 0.717) is 39.1 Å². The number of anilines is 2. The number of likely N-dealkylation sites (tertiary alicyclic amines) is 1. The molecule has 0 aliphatic carbocycles. The van der Waals surface area contributed by atoms with E-state index in [2.05, 4.69) is 4.98 Å². The summed E-state index contributed by atoms with van der Waals surface area (Å²) in [6, 6.07) is 4.70. The molecular weight excluding hydrogens is 547 g/mol. The molecule has 0 spiro atoms. The number of nitrogens with one attached hydrogen (secondary N) is 1. The molecule has 3 heterocycles. The van der Waals surface area contributed by atoms with Gasteiger partial charge in [0.2, 0.25) is 5.95 Å². The molecule has 2 saturated heterocycles. The highest BCUT2D eigenvalue weighted by Crippen LogP contribution is 2.42. The molecule has 0 bridgehead atoms. The quantitative estimate of drug-likeness (QED) is 0.279. The summed E-state index contributed by atoms with van der Waals surface area (Å²) in [5.74, 6) is -5.15. The van der Waals surface area contributed by atoms with Crippen molar-refractivity contribution in [3.8, 4) is 0 Å². The monoisotopic (exact) mass is 570 g/mol. The molecule has 2 aliphatic rings. The Bertz CT molecular complexity index is 1240. The van der Waals surface area contributed by atoms with Crippen LogP contribution in [0.4, 0.5) is 29.1 Å². The maximum Gasteiger partial charge on any atom is 0.267 e. The summed E-state index contributed by atoms with van der Waals surface area (Å²) < 4.78 is 88.5. The molecule has 2 fully saturated rings. The van der Waals surface area contributed by atoms with Gasteiger partial charge in [-0.15, -0.1) is 0 Å². The second-order valence-electron chi connectivity index (χ2n) is 8.98. The van der Waals surface area contributed by atoms with Crippen LogP contribution in [0.2, 0.25) is 10.0 Å². The summed E-state index contributed by atoms with van der Waals surface area (Å²) in [4.78, 5) is 6.17. The van der Waals surface area contributed by atoms with E-state index in [9.17, 15) is 21.6 Å². The van der Waals surface area contributed by atoms with Gasteiger partial charge in [-0.1, -0.05) is 29.3 Å². The second-order valence-corrected chi connectivity index (χ2v) is 11.4. The Labute approximate surface area is 216 Å². The van der Waals surface area contributed by atoms with Gasteiger partial charge in [0.25, 0.3) is 15.9 Å². The van der Waals surface area contributed by atoms with Crippen LogP contribution in [0.5, 0.6) is 0 Å². The first-order valence-electron chi connectivity index (χ1n) is 11.1. The lowest BCUT2D eigenvalue weighted by Crippen LogP contribution is -2.64. The summed E-state index contributed by atoms with van der Waals surface area (Å²) >= 11 is 12.4. The van der Waals surface area contributed by atoms with Gasteiger partial charge in [-0.3, -0.25) is 4.72 Å². The van der Waals surface area contributed by atoms with E-state index in [-0.39, 0.29) is 24.3 Å². The van der Waals surface area contributed by atoms with Gasteiger partial charge in [-0.25, -0.2) is 26.6 Å². The number of hydrogen-bond donors (Lipinski definition) is 1. The van der Waals surface area contributed by atoms with E-state index >= 15 is 4.39 Å². The molecule has 1 aromatic carbocycles. The number of sulfonamides is 1. The van der Waals surface area contributed by atoms with Crippen LogP contribution in [0.1, 0.15) is 19.3 Å². The third-order valence-electron chi connectivity index (χ3n) is 6.52. The maximum atomic E-state index is 15.2. The highest BCUT2D eigenvalue weighted by atomic mass is 35.5. The lowest BCUT2D eigenvalue weighted by molar-refractivity contribution is -0.0699. The molecule has 0 amide bonds. The van der Waals surface area contributed by atoms with Gasteiger partial charge in [0.1, 0.15) is 21.3 Å². The topological polar surface area (TPSA) is 74.8 Å². The maximum absolute atomic E-state index is 15.2. The molecule has 1 aromatic heterocycles. The van der Waals surface area contributed by atoms with E-state index in [1.54, 1.807) is 12.0 Å². The molecule has 0 radical (unpaired) electrons. The predicted molar refractivity (Wildman–Crippen MR) is 129 cm³/mol. The van der Waals surface area contributed by atoms with Gasteiger partial charge < -0.3 is 14.5 Å². The zero-order valence-corrected chi connectivity index (χ0v) is 21.5. The molecule has 7 nitrogen and oxygen atoms in total. The third kappa shape index (κ3) is 5.67. The Hall–Kier alpha value is -1.86. The van der Waals surface area contributed by atoms with E-state index in [1.807, 2.05) is 9.62 Å². The number of aromatic nitrogens is 1. The van der Waals surface area contributed by atoms with Crippen molar-refractivity contribution in [2.45, 2.75) is 35.7 Å². The van der Waals surface area contributed by atoms with Crippen LogP contribution in [-0.4, -0.2) is 69.7 Å². The number of piperidine rings is 1. The lowest BCUT2D eigenvalue weighted by Gasteiger charge is -2.51. The zero-order valence-electron chi connectivity index (χ0n) is 19.2. The molecule has 2 aliphatic heterocycles. The first-order chi connectivity index (χ1) is 16.8. The van der Waals surface area contributed by atoms with Gasteiger partial charge in [0, 0.05) is 52.7 Å². The highest BCUT2D eigenvalue weighted by Gasteiger charge is 2.45. The van der Waals surface area contributed by atoms with Crippen molar-refractivity contribution in [1.82, 2.24) is 9.88 Å². The molecule has 36 heavy (non-hydrogen) atoms. The Morgan fingerprint density at radius 2 is 1.83 bits per heavy atom. The van der Waals surface area contributed by atoms with Crippen molar-refractivity contribution in [3.05, 3.63) is 46.1 Å². The zero-order chi connectivity index (χ0) is 26.3. The number of benzene rings is 1. The summed E-state index contributed by atoms with van der Waals surface area (Å²) in [6.45, 7) is 1.81. The number of hydrogen-bond acceptors (Lipinski definition) is 6. The fourth-order valence-corrected chi connectivity index (χ4v) is 6.33. The number of alkyl halides is 2. The fourth-order valence-electron chi connectivity index (χ4n) is 4.37. The summed E-state index contributed by atoms with van der Waals surface area (Å²) in [6.07, 6.45) is 0.216. The third-order valence-corrected chi connectivity index (χ3v) is 8.71. The number of nitrogens with zero attached hydrogens (tertiary/aromatic N) is 3. The van der Waals surface area contributed by atoms with Crippen LogP contribution < -0.4 is 9.62 Å². The van der Waals surface area contributed by atoms with Crippen molar-refractivity contribution < 1.29 is 30.7 Å². The van der Waals surface area contributed by atoms with Crippen molar-refractivity contribution >= 4 is 44.7 Å². The predicted octanol–water partition coefficient (Wildman–Crippen LogP) is 4.79. The van der Waals surface area contributed by atoms with E-state index in [1.165, 1.54) is 18.2 Å². The largest absolute Gasteiger partial charge is 0.374 e. The molecule has 0 unspecified atom stereocenters. The van der Waals surface area contributed by atoms with Crippen LogP contribution in [0.3, 0.4) is 0 Å². The number of methoxy groups -OCH3 is 1. The van der Waals surface area contributed by atoms with Crippen molar-refractivity contribution in [1.29, 1.82) is 0 Å². The summed E-state index contributed by atoms with van der Waals surface area (Å²) in [7, 11) is -3.03. The minimum Gasteiger partial charge on any atom is -0.374 e. The van der Waals surface area contributed by atoms with Crippen LogP contribution in [0, 0.1) is 11.8 Å². The van der Waals surface area contributed by atoms with Crippen molar-refractivity contribution in [2.75, 3.05) is 49.5 Å². The fraction of sp³-hybridized carbons (Fsp3) is 0.500. The highest BCUT2D eigenvalue weighted by molar-refractivity contribution is 7.92. The van der Waals surface area contributed by atoms with E-state index in [4.69, 9.17) is 27.9 Å². The number of halogens is 6. The first kappa shape index (κ1) is 27.2. The molecule has 1 N–H and O–H groups in total. The van der Waals surface area contributed by atoms with Crippen molar-refractivity contribution in [3.63, 3.8) is 0 Å². The lowest BCUT2D eigenvalue weighted by atomic mass is 9.88. The molecule has 4 rings (SSSR count). The van der Waals surface area contributed by atoms with E-state index < -0.39 is 48.3 Å². The average molecular weight is 571 g/mol. The summed E-state index contributed by atoms with van der Waals surface area (Å²) in [5, 5.41) is -0.866. The smallest absolute Gasteiger partial charge is 0.267 e. The first-order valence-corrected chi connectivity index (χ1v) is 13.3. The van der Waals surface area contributed by atoms with Crippen LogP contribution in [-0.2, 0) is 14.8 Å². The minimum atomic E-state index is -4.57. The standard InChI is InChI=1S/C22H24Cl2F4N4O3S/c1-35-21(5-8-31-9-6-22(27,28)7-10-31)12-32(13-21)15-11-14(23)20(19(26)18(15)24)36(33,34)30-17-4-2-3-16(25)29-17/h2-4,11H,5-10,12-13H2,1H3,(H,29,30). The SMILES string of the molecule is COC1(CCN2CCC(F)(F)CC2)CN(c2cc(Cl)c(S(=O)(=O)Nc3cccc(F)n3)c(F)c2Cl)C1. The average Bonchev–Trinajstić information content (AvgIpc) is 2.76. The number of rotatable bonds is 8. The molecule has 14 heteroatoms. The van der Waals surface area contributed by atoms with Crippen LogP contribution >= 0.6 is 23.2 Å². The van der Waals surface area contributed by atoms with Gasteiger partial charge in [0.15, 0.2) is 5.82 Å². The Kier molecular flexibility index (Phi) is 7.65. The van der Waals surface area contributed by atoms with Gasteiger partial charge in [-0.05, 0) is 24.6 Å². The Morgan fingerprint density at radius 3 is 2.44 bits per heavy atom. The Balaban J connectivity index is 1.46. The van der Waals surface area contributed by atoms with E-state index in [0.717, 1.165) is 6.07 Å². The molecule has 2 aromatic rings. The van der Waals surface area contributed by atoms with Crippen LogP contribution in [0.15, 0.2) is 29.2 Å². The second kappa shape index (κ2) is 10.1. The normalized spacial score (nSPS) is 19.7. The molecular formula is C22H24Cl2F4N4O3S. The summed E-state index contributed by atoms with van der Waals surface area (Å²) in [5.41, 5.74) is -0.408. The molecule has 0 saturated carbocycles. The van der Waals surface area contributed by atoms with Crippen molar-refractivity contribution in [2.24, 2.45) is 0 Å². The van der Waals surface area contributed by atoms with Gasteiger partial charge >= 0.3 is 0 Å². The molecule has 0 atom stereocenters. The van der Waals surface area contributed by atoms with Gasteiger partial charge in [0.05, 0.1) is 10.7 Å². The minimum absolute atomic E-state index is 0.175. The number of ether oxygens (including phenoxy) is 1. The van der Waals surface area contributed by atoms with Gasteiger partial charge in [-0.2, -0.15) is 4.39 Å².